The Morgan fingerprint density at radius 3 is 0.835 bits per heavy atom. The van der Waals surface area contributed by atoms with Gasteiger partial charge in [-0.25, -0.2) is 9.13 Å². The first-order valence-corrected chi connectivity index (χ1v) is 40.4. The Labute approximate surface area is 556 Å². The van der Waals surface area contributed by atoms with Gasteiger partial charge in [0, 0.05) is 25.7 Å². The van der Waals surface area contributed by atoms with Crippen molar-refractivity contribution in [3.05, 3.63) is 0 Å². The molecular formula is C72H140O17P2. The molecular weight excluding hydrogens is 1200 g/mol. The molecule has 3 unspecified atom stereocenters. The first-order chi connectivity index (χ1) is 43.8. The maximum Gasteiger partial charge on any atom is 0.472 e. The lowest BCUT2D eigenvalue weighted by Crippen LogP contribution is -2.30. The highest BCUT2D eigenvalue weighted by molar-refractivity contribution is 7.47. The van der Waals surface area contributed by atoms with Crippen LogP contribution in [0.3, 0.4) is 0 Å². The van der Waals surface area contributed by atoms with Crippen LogP contribution in [0.1, 0.15) is 363 Å². The highest BCUT2D eigenvalue weighted by Crippen LogP contribution is 2.45. The minimum atomic E-state index is -4.95. The minimum Gasteiger partial charge on any atom is -0.462 e. The molecule has 19 heteroatoms. The van der Waals surface area contributed by atoms with E-state index in [9.17, 15) is 43.2 Å². The molecule has 0 fully saturated rings. The van der Waals surface area contributed by atoms with Crippen LogP contribution in [-0.2, 0) is 65.4 Å². The Hall–Kier alpha value is -1.94. The van der Waals surface area contributed by atoms with E-state index in [0.29, 0.717) is 25.7 Å². The van der Waals surface area contributed by atoms with Crippen LogP contribution in [0.4, 0.5) is 0 Å². The number of aliphatic hydroxyl groups excluding tert-OH is 1. The van der Waals surface area contributed by atoms with Crippen molar-refractivity contribution in [3.8, 4) is 0 Å². The van der Waals surface area contributed by atoms with Gasteiger partial charge in [-0.3, -0.25) is 37.3 Å². The number of rotatable bonds is 70. The van der Waals surface area contributed by atoms with E-state index in [1.54, 1.807) is 0 Å². The summed E-state index contributed by atoms with van der Waals surface area (Å²) in [7, 11) is -9.90. The molecule has 0 heterocycles. The van der Waals surface area contributed by atoms with E-state index in [1.807, 2.05) is 0 Å². The van der Waals surface area contributed by atoms with Gasteiger partial charge in [-0.05, 0) is 43.4 Å². The second-order valence-corrected chi connectivity index (χ2v) is 30.1. The van der Waals surface area contributed by atoms with Crippen molar-refractivity contribution >= 4 is 39.5 Å². The summed E-state index contributed by atoms with van der Waals surface area (Å²) in [5.74, 6) is 0.168. The molecule has 0 amide bonds. The zero-order chi connectivity index (χ0) is 67.3. The molecule has 0 saturated carbocycles. The van der Waals surface area contributed by atoms with Crippen LogP contribution in [0.25, 0.3) is 0 Å². The second-order valence-electron chi connectivity index (χ2n) is 27.2. The summed E-state index contributed by atoms with van der Waals surface area (Å²) in [6, 6.07) is 0. The van der Waals surface area contributed by atoms with Crippen LogP contribution in [0, 0.1) is 17.8 Å². The third-order valence-electron chi connectivity index (χ3n) is 17.0. The lowest BCUT2D eigenvalue weighted by molar-refractivity contribution is -0.161. The molecule has 0 spiro atoms. The highest BCUT2D eigenvalue weighted by atomic mass is 31.2. The van der Waals surface area contributed by atoms with Crippen molar-refractivity contribution in [2.24, 2.45) is 17.8 Å². The van der Waals surface area contributed by atoms with Gasteiger partial charge in [-0.2, -0.15) is 0 Å². The van der Waals surface area contributed by atoms with Crippen LogP contribution in [0.2, 0.25) is 0 Å². The predicted octanol–water partition coefficient (Wildman–Crippen LogP) is 20.6. The molecule has 0 aliphatic heterocycles. The molecule has 0 aliphatic carbocycles. The van der Waals surface area contributed by atoms with Crippen LogP contribution < -0.4 is 0 Å². The summed E-state index contributed by atoms with van der Waals surface area (Å²) in [6.07, 6.45) is 47.1. The molecule has 0 aliphatic rings. The number of carbonyl (C=O) groups is 4. The Bertz CT molecular complexity index is 1790. The summed E-state index contributed by atoms with van der Waals surface area (Å²) in [6.45, 7) is 11.9. The maximum absolute atomic E-state index is 13.0. The average Bonchev–Trinajstić information content (AvgIpc) is 2.99. The second kappa shape index (κ2) is 62.8. The maximum atomic E-state index is 13.0. The molecule has 540 valence electrons. The molecule has 91 heavy (non-hydrogen) atoms. The van der Waals surface area contributed by atoms with Crippen molar-refractivity contribution in [2.75, 3.05) is 39.6 Å². The molecule has 0 rings (SSSR count). The van der Waals surface area contributed by atoms with Crippen LogP contribution >= 0.6 is 15.6 Å². The summed E-state index contributed by atoms with van der Waals surface area (Å²) < 4.78 is 68.4. The fourth-order valence-electron chi connectivity index (χ4n) is 10.9. The summed E-state index contributed by atoms with van der Waals surface area (Å²) in [5, 5.41) is 10.6. The summed E-state index contributed by atoms with van der Waals surface area (Å²) in [5.41, 5.74) is 0. The molecule has 6 atom stereocenters. The van der Waals surface area contributed by atoms with Crippen LogP contribution in [0.15, 0.2) is 0 Å². The quantitative estimate of drug-likeness (QED) is 0.0222. The largest absolute Gasteiger partial charge is 0.472 e. The molecule has 17 nitrogen and oxygen atoms in total. The zero-order valence-electron chi connectivity index (χ0n) is 59.3. The zero-order valence-corrected chi connectivity index (χ0v) is 61.1. The van der Waals surface area contributed by atoms with Gasteiger partial charge in [0.2, 0.25) is 0 Å². The van der Waals surface area contributed by atoms with E-state index in [0.717, 1.165) is 108 Å². The lowest BCUT2D eigenvalue weighted by atomic mass is 9.99. The van der Waals surface area contributed by atoms with E-state index < -0.39 is 97.5 Å². The van der Waals surface area contributed by atoms with Gasteiger partial charge in [-0.1, -0.05) is 312 Å². The van der Waals surface area contributed by atoms with E-state index in [4.69, 9.17) is 37.0 Å². The number of phosphoric ester groups is 2. The Balaban J connectivity index is 5.26. The average molecular weight is 1340 g/mol. The Morgan fingerprint density at radius 2 is 0.560 bits per heavy atom. The monoisotopic (exact) mass is 1340 g/mol. The third kappa shape index (κ3) is 65.1. The van der Waals surface area contributed by atoms with E-state index in [1.165, 1.54) is 173 Å². The van der Waals surface area contributed by atoms with Gasteiger partial charge >= 0.3 is 39.5 Å². The molecule has 0 aromatic rings. The SMILES string of the molecule is CCCCCCCCCCCCCCC(=O)O[C@H](COC(=O)CCCCCCCCCCC(C)C)COP(=O)(O)OC[C@H](O)COP(=O)(O)OC[C@@H](COC(=O)CCCCCCCCCCC(C)CC)OC(=O)CCCCCCCCCCCCCCCC(C)C. The number of hydrogen-bond acceptors (Lipinski definition) is 15. The number of carbonyl (C=O) groups excluding carboxylic acids is 4. The molecule has 0 radical (unpaired) electrons. The van der Waals surface area contributed by atoms with Crippen molar-refractivity contribution < 1.29 is 80.2 Å². The van der Waals surface area contributed by atoms with Crippen LogP contribution in [-0.4, -0.2) is 96.7 Å². The standard InChI is InChI=1S/C72H140O17P2/c1-8-10-11-12-13-14-15-20-23-34-41-48-55-71(76)88-67(59-82-69(74)53-46-39-32-27-25-30-37-44-51-64(5)6)61-86-90(78,79)84-57-66(73)58-85-91(80,81)87-62-68(60-83-70(75)54-47-40-33-28-26-31-38-45-52-65(7)9-2)89-72(77)56-49-42-35-24-21-18-16-17-19-22-29-36-43-50-63(3)4/h63-68,73H,8-62H2,1-7H3,(H,78,79)(H,80,81)/t65?,66-,67+,68+/m0/s1. The smallest absolute Gasteiger partial charge is 0.462 e. The van der Waals surface area contributed by atoms with Gasteiger partial charge in [0.15, 0.2) is 12.2 Å². The predicted molar refractivity (Wildman–Crippen MR) is 368 cm³/mol. The van der Waals surface area contributed by atoms with Gasteiger partial charge in [0.05, 0.1) is 26.4 Å². The number of phosphoric acid groups is 2. The van der Waals surface area contributed by atoms with Crippen LogP contribution in [0.5, 0.6) is 0 Å². The third-order valence-corrected chi connectivity index (χ3v) is 18.9. The molecule has 0 aromatic heterocycles. The van der Waals surface area contributed by atoms with Crippen molar-refractivity contribution in [2.45, 2.75) is 381 Å². The fourth-order valence-corrected chi connectivity index (χ4v) is 12.4. The fraction of sp³-hybridized carbons (Fsp3) is 0.944. The minimum absolute atomic E-state index is 0.106. The number of aliphatic hydroxyl groups is 1. The number of unbranched alkanes of at least 4 members (excludes halogenated alkanes) is 37. The van der Waals surface area contributed by atoms with Gasteiger partial charge < -0.3 is 33.8 Å². The summed E-state index contributed by atoms with van der Waals surface area (Å²) >= 11 is 0. The first-order valence-electron chi connectivity index (χ1n) is 37.4. The normalized spacial score (nSPS) is 14.5. The molecule has 0 saturated heterocycles. The Kier molecular flexibility index (Phi) is 61.5. The van der Waals surface area contributed by atoms with Crippen molar-refractivity contribution in [1.82, 2.24) is 0 Å². The molecule has 3 N–H and O–H groups in total. The van der Waals surface area contributed by atoms with Crippen molar-refractivity contribution in [1.29, 1.82) is 0 Å². The Morgan fingerprint density at radius 1 is 0.319 bits per heavy atom. The number of esters is 4. The van der Waals surface area contributed by atoms with E-state index in [2.05, 4.69) is 48.5 Å². The topological polar surface area (TPSA) is 237 Å². The lowest BCUT2D eigenvalue weighted by Gasteiger charge is -2.21. The molecule has 0 aromatic carbocycles. The summed E-state index contributed by atoms with van der Waals surface area (Å²) in [4.78, 5) is 72.6. The van der Waals surface area contributed by atoms with Gasteiger partial charge in [0.25, 0.3) is 0 Å². The number of hydrogen-bond donors (Lipinski definition) is 3. The molecule has 0 bridgehead atoms. The van der Waals surface area contributed by atoms with Gasteiger partial charge in [-0.15, -0.1) is 0 Å². The van der Waals surface area contributed by atoms with Gasteiger partial charge in [0.1, 0.15) is 19.3 Å². The first kappa shape index (κ1) is 89.1. The number of ether oxygens (including phenoxy) is 4. The highest BCUT2D eigenvalue weighted by Gasteiger charge is 2.30. The van der Waals surface area contributed by atoms with E-state index in [-0.39, 0.29) is 25.7 Å². The van der Waals surface area contributed by atoms with Crippen molar-refractivity contribution in [3.63, 3.8) is 0 Å². The van der Waals surface area contributed by atoms with E-state index >= 15 is 0 Å².